The van der Waals surface area contributed by atoms with E-state index in [1.165, 1.54) is 17.8 Å². The molecule has 1 aliphatic carbocycles. The molecule has 4 heterocycles. The molecule has 3 aliphatic rings. The second kappa shape index (κ2) is 12.7. The number of fused-ring (bicyclic) bond motifs is 5. The van der Waals surface area contributed by atoms with E-state index in [0.717, 1.165) is 41.3 Å². The van der Waals surface area contributed by atoms with Crippen molar-refractivity contribution >= 4 is 40.3 Å². The lowest BCUT2D eigenvalue weighted by atomic mass is 9.85. The van der Waals surface area contributed by atoms with E-state index in [4.69, 9.17) is 15.5 Å². The van der Waals surface area contributed by atoms with Gasteiger partial charge in [0, 0.05) is 22.6 Å². The van der Waals surface area contributed by atoms with Crippen LogP contribution in [0.5, 0.6) is 0 Å². The summed E-state index contributed by atoms with van der Waals surface area (Å²) in [5, 5.41) is 11.7. The van der Waals surface area contributed by atoms with Crippen LogP contribution in [-0.4, -0.2) is 43.3 Å². The Balaban J connectivity index is 0.000000267. The molecular weight excluding hydrogens is 561 g/mol. The number of cyclic esters (lactones) is 1. The first-order valence-electron chi connectivity index (χ1n) is 14.1. The van der Waals surface area contributed by atoms with E-state index in [0.29, 0.717) is 45.6 Å². The molecule has 3 N–H and O–H groups in total. The van der Waals surface area contributed by atoms with Crippen LogP contribution in [0.4, 0.5) is 4.39 Å². The number of aryl methyl sites for hydroxylation is 2. The van der Waals surface area contributed by atoms with E-state index in [9.17, 15) is 28.7 Å². The molecule has 0 fully saturated rings. The highest BCUT2D eigenvalue weighted by Crippen LogP contribution is 2.42. The predicted molar refractivity (Wildman–Crippen MR) is 160 cm³/mol. The summed E-state index contributed by atoms with van der Waals surface area (Å²) in [6.45, 7) is 10.1. The molecule has 1 amide bonds. The molecule has 2 aromatic heterocycles. The normalized spacial score (nSPS) is 15.9. The van der Waals surface area contributed by atoms with Crippen molar-refractivity contribution in [1.29, 1.82) is 0 Å². The van der Waals surface area contributed by atoms with E-state index in [1.807, 2.05) is 27.7 Å². The van der Waals surface area contributed by atoms with Gasteiger partial charge >= 0.3 is 5.97 Å². The van der Waals surface area contributed by atoms with Crippen molar-refractivity contribution in [2.75, 3.05) is 5.75 Å². The van der Waals surface area contributed by atoms with Crippen molar-refractivity contribution in [3.8, 4) is 11.4 Å². The minimum atomic E-state index is -1.48. The second-order valence-corrected chi connectivity index (χ2v) is 12.1. The molecule has 0 radical (unpaired) electrons. The topological polar surface area (TPSA) is 142 Å². The van der Waals surface area contributed by atoms with Gasteiger partial charge in [-0.3, -0.25) is 14.4 Å². The van der Waals surface area contributed by atoms with Gasteiger partial charge in [-0.15, -0.1) is 0 Å². The summed E-state index contributed by atoms with van der Waals surface area (Å²) < 4.78 is 21.1. The molecule has 9 nitrogen and oxygen atoms in total. The Bertz CT molecular complexity index is 1650. The van der Waals surface area contributed by atoms with Crippen LogP contribution >= 0.6 is 11.8 Å². The van der Waals surface area contributed by atoms with Crippen LogP contribution in [0, 0.1) is 12.7 Å². The van der Waals surface area contributed by atoms with Crippen LogP contribution in [0.25, 0.3) is 22.3 Å². The average molecular weight is 598 g/mol. The number of thioether (sulfide) groups is 1. The first-order valence-corrected chi connectivity index (χ1v) is 15.2. The molecule has 1 aromatic carbocycles. The fourth-order valence-corrected chi connectivity index (χ4v) is 6.19. The van der Waals surface area contributed by atoms with Crippen molar-refractivity contribution in [2.24, 2.45) is 5.73 Å². The SMILES string of the molecule is CC.CC(C)SCC(=O)CC(N)=O.Cc1c(F)cc2nc3c(c4c2c1CCC4)Cn1c-3cc2c(c1=O)COC(=O)C2O. The Kier molecular flexibility index (Phi) is 9.52. The molecule has 6 rings (SSSR count). The van der Waals surface area contributed by atoms with Crippen LogP contribution < -0.4 is 11.3 Å². The second-order valence-electron chi connectivity index (χ2n) is 10.5. The largest absolute Gasteiger partial charge is 0.458 e. The Hall–Kier alpha value is -3.57. The number of nitrogens with two attached hydrogens (primary N) is 1. The highest BCUT2D eigenvalue weighted by Gasteiger charge is 2.35. The number of aliphatic hydroxyl groups is 1. The van der Waals surface area contributed by atoms with Gasteiger partial charge in [-0.05, 0) is 54.2 Å². The maximum absolute atomic E-state index is 14.5. The monoisotopic (exact) mass is 597 g/mol. The van der Waals surface area contributed by atoms with Crippen LogP contribution in [0.15, 0.2) is 16.9 Å². The third-order valence-electron chi connectivity index (χ3n) is 7.49. The van der Waals surface area contributed by atoms with Crippen LogP contribution in [0.1, 0.15) is 80.0 Å². The van der Waals surface area contributed by atoms with Crippen LogP contribution in [0.2, 0.25) is 0 Å². The van der Waals surface area contributed by atoms with Crippen LogP contribution in [-0.2, 0) is 45.1 Å². The van der Waals surface area contributed by atoms with Crippen molar-refractivity contribution < 1.29 is 28.6 Å². The Morgan fingerprint density at radius 2 is 1.86 bits per heavy atom. The third-order valence-corrected chi connectivity index (χ3v) is 8.64. The van der Waals surface area contributed by atoms with Gasteiger partial charge in [-0.1, -0.05) is 27.7 Å². The summed E-state index contributed by atoms with van der Waals surface area (Å²) in [6, 6.07) is 3.13. The number of hydrogen-bond acceptors (Lipinski definition) is 8. The number of carbonyl (C=O) groups is 3. The summed E-state index contributed by atoms with van der Waals surface area (Å²) in [5.41, 5.74) is 10.7. The molecule has 0 bridgehead atoms. The number of halogens is 1. The molecular formula is C31H36FN3O6S. The van der Waals surface area contributed by atoms with Crippen LogP contribution in [0.3, 0.4) is 0 Å². The summed E-state index contributed by atoms with van der Waals surface area (Å²) >= 11 is 1.52. The number of ether oxygens (including phenoxy) is 1. The van der Waals surface area contributed by atoms with Gasteiger partial charge in [0.25, 0.3) is 5.56 Å². The Morgan fingerprint density at radius 3 is 2.52 bits per heavy atom. The number of carbonyl (C=O) groups excluding carboxylic acids is 3. The number of hydrogen-bond donors (Lipinski definition) is 2. The molecule has 0 saturated carbocycles. The minimum absolute atomic E-state index is 0.0869. The molecule has 42 heavy (non-hydrogen) atoms. The fourth-order valence-electron chi connectivity index (χ4n) is 5.57. The number of ketones is 1. The van der Waals surface area contributed by atoms with Gasteiger partial charge in [0.05, 0.1) is 41.2 Å². The predicted octanol–water partition coefficient (Wildman–Crippen LogP) is 4.05. The Morgan fingerprint density at radius 1 is 1.17 bits per heavy atom. The summed E-state index contributed by atoms with van der Waals surface area (Å²) in [6.07, 6.45) is 0.990. The van der Waals surface area contributed by atoms with Gasteiger partial charge in [-0.25, -0.2) is 14.2 Å². The zero-order valence-corrected chi connectivity index (χ0v) is 25.3. The van der Waals surface area contributed by atoms with Crippen molar-refractivity contribution in [2.45, 2.75) is 84.8 Å². The lowest BCUT2D eigenvalue weighted by Crippen LogP contribution is -2.32. The highest BCUT2D eigenvalue weighted by molar-refractivity contribution is 8.00. The van der Waals surface area contributed by atoms with Crippen molar-refractivity contribution in [1.82, 2.24) is 9.55 Å². The lowest BCUT2D eigenvalue weighted by Gasteiger charge is -2.22. The minimum Gasteiger partial charge on any atom is -0.458 e. The van der Waals surface area contributed by atoms with Gasteiger partial charge in [0.15, 0.2) is 11.9 Å². The standard InChI is InChI=1S/C22H17FN2O4.C7H13NO2S.C2H6/c1-9-10-3-2-4-11-13-7-25-17(19(13)24-16(18(10)11)6-15(9)23)5-12-14(21(25)27)8-29-22(28)20(12)26;1-5(2)11-4-6(9)3-7(8)10;1-2/h5-6,20,26H,2-4,7-8H2,1H3;5H,3-4H2,1-2H3,(H2,8,10);1-2H3. The maximum atomic E-state index is 14.5. The van der Waals surface area contributed by atoms with E-state index < -0.39 is 18.0 Å². The quantitative estimate of drug-likeness (QED) is 0.259. The average Bonchev–Trinajstić information content (AvgIpc) is 3.33. The molecule has 3 aromatic rings. The number of nitrogens with zero attached hydrogens (tertiary/aromatic N) is 2. The van der Waals surface area contributed by atoms with Crippen molar-refractivity contribution in [3.05, 3.63) is 61.7 Å². The number of esters is 1. The third kappa shape index (κ3) is 5.85. The van der Waals surface area contributed by atoms with E-state index in [1.54, 1.807) is 17.6 Å². The molecule has 1 atom stereocenters. The molecule has 0 saturated heterocycles. The highest BCUT2D eigenvalue weighted by atomic mass is 32.2. The first-order chi connectivity index (χ1) is 20.0. The van der Waals surface area contributed by atoms with E-state index >= 15 is 0 Å². The number of pyridine rings is 2. The number of amides is 1. The van der Waals surface area contributed by atoms with Crippen molar-refractivity contribution in [3.63, 3.8) is 0 Å². The number of Topliss-reactive ketones (excluding diaryl/α,β-unsaturated/α-hetero) is 1. The summed E-state index contributed by atoms with van der Waals surface area (Å²) in [5.74, 6) is -1.27. The maximum Gasteiger partial charge on any atom is 0.340 e. The number of benzene rings is 1. The molecule has 2 aliphatic heterocycles. The van der Waals surface area contributed by atoms with Gasteiger partial charge in [-0.2, -0.15) is 11.8 Å². The van der Waals surface area contributed by atoms with Gasteiger partial charge in [0.2, 0.25) is 5.91 Å². The summed E-state index contributed by atoms with van der Waals surface area (Å²) in [7, 11) is 0. The molecule has 0 spiro atoms. The zero-order valence-electron chi connectivity index (χ0n) is 24.5. The van der Waals surface area contributed by atoms with Gasteiger partial charge in [0.1, 0.15) is 12.4 Å². The Labute approximate surface area is 247 Å². The molecule has 1 unspecified atom stereocenters. The number of aliphatic hydroxyl groups excluding tert-OH is 1. The molecule has 11 heteroatoms. The zero-order chi connectivity index (χ0) is 30.9. The first kappa shape index (κ1) is 31.4. The number of aromatic nitrogens is 2. The molecule has 224 valence electrons. The van der Waals surface area contributed by atoms with E-state index in [2.05, 4.69) is 0 Å². The smallest absolute Gasteiger partial charge is 0.340 e. The fraction of sp³-hybridized carbons (Fsp3) is 0.452. The number of primary amides is 1. The summed E-state index contributed by atoms with van der Waals surface area (Å²) in [4.78, 5) is 50.7. The van der Waals surface area contributed by atoms with E-state index in [-0.39, 0.29) is 35.8 Å². The van der Waals surface area contributed by atoms with Gasteiger partial charge < -0.3 is 20.1 Å². The lowest BCUT2D eigenvalue weighted by molar-refractivity contribution is -0.157. The number of rotatable bonds is 5.